The summed E-state index contributed by atoms with van der Waals surface area (Å²) < 4.78 is 17.0. The molecule has 0 amide bonds. The van der Waals surface area contributed by atoms with Crippen molar-refractivity contribution in [1.82, 2.24) is 0 Å². The molecule has 0 aromatic carbocycles. The van der Waals surface area contributed by atoms with Gasteiger partial charge in [0.15, 0.2) is 0 Å². The van der Waals surface area contributed by atoms with E-state index in [0.717, 1.165) is 44.8 Å². The highest BCUT2D eigenvalue weighted by molar-refractivity contribution is 5.87. The molecule has 4 aliphatic rings. The van der Waals surface area contributed by atoms with Crippen LogP contribution in [0.5, 0.6) is 0 Å². The second-order valence-electron chi connectivity index (χ2n) is 10.4. The normalized spacial score (nSPS) is 49.0. The van der Waals surface area contributed by atoms with E-state index in [1.54, 1.807) is 21.1 Å². The second-order valence-corrected chi connectivity index (χ2v) is 10.4. The Kier molecular flexibility index (Phi) is 5.95. The van der Waals surface area contributed by atoms with Crippen LogP contribution in [0.15, 0.2) is 0 Å². The van der Waals surface area contributed by atoms with Gasteiger partial charge in [0.2, 0.25) is 0 Å². The lowest BCUT2D eigenvalue weighted by Gasteiger charge is -2.61. The molecule has 0 N–H and O–H groups in total. The summed E-state index contributed by atoms with van der Waals surface area (Å²) >= 11 is 0. The number of aldehydes is 1. The minimum Gasteiger partial charge on any atom is -0.379 e. The molecule has 4 rings (SSSR count). The van der Waals surface area contributed by atoms with Gasteiger partial charge in [0.1, 0.15) is 18.9 Å². The summed E-state index contributed by atoms with van der Waals surface area (Å²) in [5, 5.41) is 0. The number of methoxy groups -OCH3 is 2. The minimum atomic E-state index is -0.383. The molecule has 0 bridgehead atoms. The smallest absolute Gasteiger partial charge is 0.146 e. The summed E-state index contributed by atoms with van der Waals surface area (Å²) in [5.41, 5.74) is -0.162. The third-order valence-corrected chi connectivity index (χ3v) is 9.74. The number of rotatable bonds is 6. The third kappa shape index (κ3) is 3.14. The van der Waals surface area contributed by atoms with E-state index >= 15 is 0 Å². The van der Waals surface area contributed by atoms with E-state index in [2.05, 4.69) is 6.92 Å². The molecule has 0 unspecified atom stereocenters. The molecule has 29 heavy (non-hydrogen) atoms. The van der Waals surface area contributed by atoms with Gasteiger partial charge < -0.3 is 19.0 Å². The van der Waals surface area contributed by atoms with Crippen LogP contribution in [0.25, 0.3) is 0 Å². The molecular formula is C24H38O5. The number of carbonyl (C=O) groups is 2. The zero-order chi connectivity index (χ0) is 20.8. The zero-order valence-electron chi connectivity index (χ0n) is 18.5. The van der Waals surface area contributed by atoms with Crippen molar-refractivity contribution in [2.24, 2.45) is 40.4 Å². The molecule has 0 aromatic rings. The molecule has 0 radical (unpaired) electrons. The van der Waals surface area contributed by atoms with Crippen molar-refractivity contribution in [3.8, 4) is 0 Å². The van der Waals surface area contributed by atoms with Crippen LogP contribution >= 0.6 is 0 Å². The van der Waals surface area contributed by atoms with E-state index in [-0.39, 0.29) is 34.7 Å². The molecule has 0 saturated heterocycles. The predicted molar refractivity (Wildman–Crippen MR) is 109 cm³/mol. The van der Waals surface area contributed by atoms with Crippen LogP contribution in [0.3, 0.4) is 0 Å². The van der Waals surface area contributed by atoms with E-state index in [9.17, 15) is 9.59 Å². The highest BCUT2D eigenvalue weighted by Gasteiger charge is 2.64. The fourth-order valence-corrected chi connectivity index (χ4v) is 8.41. The van der Waals surface area contributed by atoms with Crippen molar-refractivity contribution in [2.45, 2.75) is 77.4 Å². The first-order chi connectivity index (χ1) is 13.9. The van der Waals surface area contributed by atoms with E-state index in [0.29, 0.717) is 30.5 Å². The number of fused-ring (bicyclic) bond motifs is 5. The summed E-state index contributed by atoms with van der Waals surface area (Å²) in [5.74, 6) is 2.38. The maximum atomic E-state index is 12.8. The fraction of sp³-hybridized carbons (Fsp3) is 0.917. The molecule has 0 aliphatic heterocycles. The summed E-state index contributed by atoms with van der Waals surface area (Å²) in [6.45, 7) is 4.53. The van der Waals surface area contributed by atoms with Gasteiger partial charge >= 0.3 is 0 Å². The van der Waals surface area contributed by atoms with E-state index < -0.39 is 0 Å². The zero-order valence-corrected chi connectivity index (χ0v) is 18.5. The Bertz CT molecular complexity index is 635. The molecule has 4 aliphatic carbocycles. The first kappa shape index (κ1) is 21.5. The highest BCUT2D eigenvalue weighted by Crippen LogP contribution is 2.67. The summed E-state index contributed by atoms with van der Waals surface area (Å²) in [6.07, 6.45) is 9.59. The van der Waals surface area contributed by atoms with Gasteiger partial charge in [-0.15, -0.1) is 0 Å². The molecule has 0 heterocycles. The van der Waals surface area contributed by atoms with E-state index in [1.807, 2.05) is 0 Å². The lowest BCUT2D eigenvalue weighted by atomic mass is 9.43. The average molecular weight is 407 g/mol. The number of hydrogen-bond acceptors (Lipinski definition) is 5. The molecule has 4 fully saturated rings. The van der Waals surface area contributed by atoms with E-state index in [1.165, 1.54) is 12.8 Å². The molecule has 0 aromatic heterocycles. The number of Topliss-reactive ketones (excluding diaryl/α,β-unsaturated/α-hetero) is 1. The van der Waals surface area contributed by atoms with Crippen LogP contribution in [-0.4, -0.2) is 45.3 Å². The lowest BCUT2D eigenvalue weighted by Crippen LogP contribution is -2.58. The summed E-state index contributed by atoms with van der Waals surface area (Å²) in [6, 6.07) is 0. The molecule has 9 atom stereocenters. The van der Waals surface area contributed by atoms with Crippen LogP contribution in [0.2, 0.25) is 0 Å². The van der Waals surface area contributed by atoms with Crippen molar-refractivity contribution in [2.75, 3.05) is 21.0 Å². The largest absolute Gasteiger partial charge is 0.379 e. The van der Waals surface area contributed by atoms with Crippen molar-refractivity contribution in [3.05, 3.63) is 0 Å². The van der Waals surface area contributed by atoms with Gasteiger partial charge in [0.05, 0.1) is 12.2 Å². The van der Waals surface area contributed by atoms with Crippen molar-refractivity contribution < 1.29 is 23.8 Å². The van der Waals surface area contributed by atoms with Crippen LogP contribution in [0.4, 0.5) is 0 Å². The lowest BCUT2D eigenvalue weighted by molar-refractivity contribution is -0.197. The van der Waals surface area contributed by atoms with Crippen molar-refractivity contribution in [3.63, 3.8) is 0 Å². The summed E-state index contributed by atoms with van der Waals surface area (Å²) in [7, 11) is 3.46. The fourth-order valence-electron chi connectivity index (χ4n) is 8.41. The number of carbonyl (C=O) groups excluding carboxylic acids is 2. The summed E-state index contributed by atoms with van der Waals surface area (Å²) in [4.78, 5) is 24.7. The Morgan fingerprint density at radius 3 is 2.52 bits per heavy atom. The highest BCUT2D eigenvalue weighted by atomic mass is 16.7. The molecule has 164 valence electrons. The number of hydrogen-bond donors (Lipinski definition) is 0. The minimum absolute atomic E-state index is 0.0682. The molecule has 0 spiro atoms. The van der Waals surface area contributed by atoms with Crippen LogP contribution < -0.4 is 0 Å². The number of ketones is 1. The van der Waals surface area contributed by atoms with Gasteiger partial charge in [0.25, 0.3) is 0 Å². The Labute approximate surface area is 175 Å². The Hall–Kier alpha value is -0.780. The van der Waals surface area contributed by atoms with Crippen LogP contribution in [0, 0.1) is 40.4 Å². The predicted octanol–water partition coefficient (Wildman–Crippen LogP) is 4.03. The van der Waals surface area contributed by atoms with Gasteiger partial charge in [0, 0.05) is 25.6 Å². The van der Waals surface area contributed by atoms with E-state index in [4.69, 9.17) is 14.2 Å². The quantitative estimate of drug-likeness (QED) is 0.492. The Balaban J connectivity index is 1.60. The van der Waals surface area contributed by atoms with Gasteiger partial charge in [-0.05, 0) is 87.4 Å². The van der Waals surface area contributed by atoms with Crippen molar-refractivity contribution in [1.29, 1.82) is 0 Å². The third-order valence-electron chi connectivity index (χ3n) is 9.74. The molecule has 4 saturated carbocycles. The maximum Gasteiger partial charge on any atom is 0.146 e. The van der Waals surface area contributed by atoms with Crippen molar-refractivity contribution >= 4 is 12.1 Å². The second kappa shape index (κ2) is 8.05. The van der Waals surface area contributed by atoms with Crippen LogP contribution in [0.1, 0.15) is 65.2 Å². The number of ether oxygens (including phenoxy) is 3. The van der Waals surface area contributed by atoms with Crippen LogP contribution in [-0.2, 0) is 23.8 Å². The standard InChI is InChI=1S/C24H38O5/c1-15(26)24-10-9-19-18(20(24)8-6-17(24)13-25)7-5-16-11-21(29-14-27-3)22(28-4)12-23(16,19)2/h13,16-22H,5-12,14H2,1-4H3/t16-,17+,18+,19-,20-,21-,22-,23-,24-/m0/s1. The topological polar surface area (TPSA) is 61.8 Å². The SMILES string of the molecule is COCO[C@H]1C[C@@H]2CC[C@@H]3[C@H](CC[C@]4(C(C)=O)[C@@H](C=O)CC[C@@H]34)[C@@]2(C)C[C@@H]1OC. The van der Waals surface area contributed by atoms with Gasteiger partial charge in [-0.3, -0.25) is 4.79 Å². The molecule has 5 nitrogen and oxygen atoms in total. The van der Waals surface area contributed by atoms with Gasteiger partial charge in [-0.25, -0.2) is 0 Å². The first-order valence-corrected chi connectivity index (χ1v) is 11.5. The maximum absolute atomic E-state index is 12.8. The molecule has 5 heteroatoms. The Morgan fingerprint density at radius 2 is 1.86 bits per heavy atom. The monoisotopic (exact) mass is 406 g/mol. The Morgan fingerprint density at radius 1 is 1.07 bits per heavy atom. The van der Waals surface area contributed by atoms with Gasteiger partial charge in [-0.1, -0.05) is 6.92 Å². The first-order valence-electron chi connectivity index (χ1n) is 11.5. The van der Waals surface area contributed by atoms with Gasteiger partial charge in [-0.2, -0.15) is 0 Å². The molecular weight excluding hydrogens is 368 g/mol. The average Bonchev–Trinajstić information content (AvgIpc) is 3.11.